The van der Waals surface area contributed by atoms with E-state index >= 15 is 0 Å². The van der Waals surface area contributed by atoms with Gasteiger partial charge in [0.2, 0.25) is 5.91 Å². The van der Waals surface area contributed by atoms with E-state index in [0.717, 1.165) is 12.8 Å². The summed E-state index contributed by atoms with van der Waals surface area (Å²) in [7, 11) is 0. The Balaban J connectivity index is 1.53. The number of carbonyl (C=O) groups is 1. The lowest BCUT2D eigenvalue weighted by atomic mass is 9.86. The number of aryl methyl sites for hydroxylation is 1. The minimum absolute atomic E-state index is 0.0128. The van der Waals surface area contributed by atoms with Crippen LogP contribution in [0.3, 0.4) is 0 Å². The number of thioether (sulfide) groups is 1. The molecule has 1 saturated carbocycles. The van der Waals surface area contributed by atoms with Crippen LogP contribution in [-0.2, 0) is 17.8 Å². The fourth-order valence-corrected chi connectivity index (χ4v) is 4.19. The molecule has 1 amide bonds. The van der Waals surface area contributed by atoms with E-state index in [-0.39, 0.29) is 23.4 Å². The molecule has 140 valence electrons. The summed E-state index contributed by atoms with van der Waals surface area (Å²) >= 11 is 1.31. The van der Waals surface area contributed by atoms with E-state index in [9.17, 15) is 9.59 Å². The van der Waals surface area contributed by atoms with Crippen molar-refractivity contribution in [2.24, 2.45) is 5.92 Å². The number of amides is 1. The maximum absolute atomic E-state index is 12.3. The number of nitrogens with zero attached hydrogens (tertiary/aromatic N) is 2. The average molecular weight is 375 g/mol. The molecule has 26 heavy (non-hydrogen) atoms. The molecule has 2 N–H and O–H groups in total. The summed E-state index contributed by atoms with van der Waals surface area (Å²) in [5, 5.41) is 10.3. The van der Waals surface area contributed by atoms with Crippen LogP contribution >= 0.6 is 11.8 Å². The first-order valence-corrected chi connectivity index (χ1v) is 10.2. The second-order valence-corrected chi connectivity index (χ2v) is 7.87. The summed E-state index contributed by atoms with van der Waals surface area (Å²) in [6, 6.07) is 10.3. The molecule has 1 heterocycles. The summed E-state index contributed by atoms with van der Waals surface area (Å²) < 4.78 is 1.61. The van der Waals surface area contributed by atoms with Gasteiger partial charge in [0.05, 0.1) is 5.75 Å². The molecule has 7 heteroatoms. The predicted octanol–water partition coefficient (Wildman–Crippen LogP) is 2.60. The van der Waals surface area contributed by atoms with Crippen LogP contribution in [0.5, 0.6) is 0 Å². The third kappa shape index (κ3) is 5.00. The molecule has 3 rings (SSSR count). The molecule has 0 aliphatic heterocycles. The Bertz CT molecular complexity index is 771. The fourth-order valence-electron chi connectivity index (χ4n) is 3.41. The van der Waals surface area contributed by atoms with E-state index in [1.165, 1.54) is 36.6 Å². The van der Waals surface area contributed by atoms with E-state index < -0.39 is 0 Å². The van der Waals surface area contributed by atoms with Crippen LogP contribution in [-0.4, -0.2) is 32.5 Å². The fraction of sp³-hybridized carbons (Fsp3) is 0.526. The third-order valence-corrected chi connectivity index (χ3v) is 5.96. The monoisotopic (exact) mass is 374 g/mol. The quantitative estimate of drug-likeness (QED) is 0.730. The predicted molar refractivity (Wildman–Crippen MR) is 103 cm³/mol. The molecule has 0 unspecified atom stereocenters. The van der Waals surface area contributed by atoms with E-state index in [0.29, 0.717) is 17.6 Å². The van der Waals surface area contributed by atoms with Crippen molar-refractivity contribution in [2.45, 2.75) is 56.8 Å². The van der Waals surface area contributed by atoms with Crippen molar-refractivity contribution < 1.29 is 4.79 Å². The van der Waals surface area contributed by atoms with Gasteiger partial charge in [-0.05, 0) is 30.7 Å². The molecule has 6 nitrogen and oxygen atoms in total. The number of hydrogen-bond donors (Lipinski definition) is 2. The van der Waals surface area contributed by atoms with E-state index in [1.807, 2.05) is 30.3 Å². The van der Waals surface area contributed by atoms with E-state index in [2.05, 4.69) is 22.4 Å². The number of rotatable bonds is 7. The number of hydrogen-bond acceptors (Lipinski definition) is 4. The number of aromatic amines is 1. The van der Waals surface area contributed by atoms with Gasteiger partial charge in [-0.1, -0.05) is 61.9 Å². The molecule has 0 saturated heterocycles. The molecule has 1 fully saturated rings. The van der Waals surface area contributed by atoms with Crippen molar-refractivity contribution in [3.63, 3.8) is 0 Å². The summed E-state index contributed by atoms with van der Waals surface area (Å²) in [6.45, 7) is 2.75. The zero-order valence-electron chi connectivity index (χ0n) is 15.1. The van der Waals surface area contributed by atoms with Crippen LogP contribution in [0.4, 0.5) is 0 Å². The van der Waals surface area contributed by atoms with Gasteiger partial charge in [0.1, 0.15) is 0 Å². The summed E-state index contributed by atoms with van der Waals surface area (Å²) in [6.07, 6.45) is 5.42. The zero-order valence-corrected chi connectivity index (χ0v) is 15.9. The molecule has 0 radical (unpaired) electrons. The maximum Gasteiger partial charge on any atom is 0.343 e. The topological polar surface area (TPSA) is 79.8 Å². The minimum Gasteiger partial charge on any atom is -0.352 e. The second kappa shape index (κ2) is 9.07. The zero-order chi connectivity index (χ0) is 18.4. The summed E-state index contributed by atoms with van der Waals surface area (Å²) in [4.78, 5) is 24.3. The number of H-pyrrole nitrogens is 1. The lowest BCUT2D eigenvalue weighted by Gasteiger charge is -2.29. The summed E-state index contributed by atoms with van der Waals surface area (Å²) in [5.41, 5.74) is 0.935. The molecule has 1 aliphatic carbocycles. The van der Waals surface area contributed by atoms with Crippen LogP contribution in [0.15, 0.2) is 40.3 Å². The minimum atomic E-state index is -0.232. The Kier molecular flexibility index (Phi) is 6.55. The lowest BCUT2D eigenvalue weighted by molar-refractivity contribution is -0.119. The van der Waals surface area contributed by atoms with Crippen LogP contribution in [0.2, 0.25) is 0 Å². The molecule has 1 aromatic heterocycles. The highest BCUT2D eigenvalue weighted by molar-refractivity contribution is 7.99. The van der Waals surface area contributed by atoms with Crippen molar-refractivity contribution in [1.82, 2.24) is 20.1 Å². The van der Waals surface area contributed by atoms with E-state index in [4.69, 9.17) is 0 Å². The number of aromatic nitrogens is 3. The molecule has 2 aromatic rings. The number of carbonyl (C=O) groups excluding carboxylic acids is 1. The van der Waals surface area contributed by atoms with Gasteiger partial charge in [-0.2, -0.15) is 0 Å². The highest BCUT2D eigenvalue weighted by atomic mass is 32.2. The Morgan fingerprint density at radius 3 is 2.85 bits per heavy atom. The molecule has 2 atom stereocenters. The van der Waals surface area contributed by atoms with Gasteiger partial charge in [-0.25, -0.2) is 9.89 Å². The normalized spacial score (nSPS) is 20.0. The number of benzene rings is 1. The van der Waals surface area contributed by atoms with Gasteiger partial charge < -0.3 is 5.32 Å². The largest absolute Gasteiger partial charge is 0.352 e. The maximum atomic E-state index is 12.3. The highest BCUT2D eigenvalue weighted by Gasteiger charge is 2.23. The first-order chi connectivity index (χ1) is 12.6. The number of nitrogens with one attached hydrogen (secondary N) is 2. The first kappa shape index (κ1) is 18.8. The van der Waals surface area contributed by atoms with Gasteiger partial charge in [0.25, 0.3) is 0 Å². The van der Waals surface area contributed by atoms with Crippen LogP contribution in [0.1, 0.15) is 38.2 Å². The van der Waals surface area contributed by atoms with Gasteiger partial charge in [-0.15, -0.1) is 5.10 Å². The van der Waals surface area contributed by atoms with Gasteiger partial charge in [0.15, 0.2) is 5.16 Å². The molecular formula is C19H26N4O2S. The molecule has 1 aliphatic rings. The molecule has 0 spiro atoms. The highest BCUT2D eigenvalue weighted by Crippen LogP contribution is 2.24. The lowest BCUT2D eigenvalue weighted by Crippen LogP contribution is -2.41. The van der Waals surface area contributed by atoms with Crippen molar-refractivity contribution in [3.8, 4) is 0 Å². The molecular weight excluding hydrogens is 348 g/mol. The van der Waals surface area contributed by atoms with Crippen LogP contribution in [0, 0.1) is 5.92 Å². The Hall–Kier alpha value is -2.02. The smallest absolute Gasteiger partial charge is 0.343 e. The summed E-state index contributed by atoms with van der Waals surface area (Å²) in [5.74, 6) is 0.824. The molecule has 0 bridgehead atoms. The van der Waals surface area contributed by atoms with Crippen molar-refractivity contribution in [3.05, 3.63) is 46.4 Å². The molecule has 1 aromatic carbocycles. The van der Waals surface area contributed by atoms with Gasteiger partial charge in [0, 0.05) is 12.6 Å². The SMILES string of the molecule is C[C@@H]1CCCC[C@H]1NC(=O)CSc1n[nH]c(=O)n1CCc1ccccc1. The van der Waals surface area contributed by atoms with Gasteiger partial charge >= 0.3 is 5.69 Å². The first-order valence-electron chi connectivity index (χ1n) is 9.25. The second-order valence-electron chi connectivity index (χ2n) is 6.92. The van der Waals surface area contributed by atoms with Gasteiger partial charge in [-0.3, -0.25) is 9.36 Å². The van der Waals surface area contributed by atoms with Crippen molar-refractivity contribution in [2.75, 3.05) is 5.75 Å². The van der Waals surface area contributed by atoms with E-state index in [1.54, 1.807) is 4.57 Å². The Morgan fingerprint density at radius 2 is 2.08 bits per heavy atom. The average Bonchev–Trinajstić information content (AvgIpc) is 3.01. The van der Waals surface area contributed by atoms with Crippen molar-refractivity contribution >= 4 is 17.7 Å². The van der Waals surface area contributed by atoms with Crippen LogP contribution in [0.25, 0.3) is 0 Å². The van der Waals surface area contributed by atoms with Crippen LogP contribution < -0.4 is 11.0 Å². The Morgan fingerprint density at radius 1 is 1.31 bits per heavy atom. The van der Waals surface area contributed by atoms with Crippen molar-refractivity contribution in [1.29, 1.82) is 0 Å². The Labute approximate surface area is 157 Å². The third-order valence-electron chi connectivity index (χ3n) is 4.98. The standard InChI is InChI=1S/C19H26N4O2S/c1-14-7-5-6-10-16(14)20-17(24)13-26-19-22-21-18(25)23(19)12-11-15-8-3-2-4-9-15/h2-4,8-9,14,16H,5-7,10-13H2,1H3,(H,20,24)(H,21,25)/t14-,16-/m1/s1.